The van der Waals surface area contributed by atoms with E-state index in [0.29, 0.717) is 0 Å². The summed E-state index contributed by atoms with van der Waals surface area (Å²) in [5.74, 6) is 0. The summed E-state index contributed by atoms with van der Waals surface area (Å²) in [6, 6.07) is 8.56. The number of hydrogen-bond acceptors (Lipinski definition) is 2. The Morgan fingerprint density at radius 3 is 2.60 bits per heavy atom. The van der Waals surface area contributed by atoms with Crippen LogP contribution in [-0.2, 0) is 0 Å². The molecular weight excluding hydrogens is 224 g/mol. The molecule has 0 radical (unpaired) electrons. The van der Waals surface area contributed by atoms with E-state index in [1.54, 1.807) is 20.7 Å². The molecule has 15 heavy (non-hydrogen) atoms. The lowest BCUT2D eigenvalue weighted by Crippen LogP contribution is -1.98. The molecule has 0 aliphatic rings. The van der Waals surface area contributed by atoms with Crippen LogP contribution in [-0.4, -0.2) is 6.61 Å². The Bertz CT molecular complexity index is 491. The smallest absolute Gasteiger partial charge is 0.243 e. The Morgan fingerprint density at radius 1 is 1.20 bits per heavy atom. The van der Waals surface area contributed by atoms with Gasteiger partial charge in [0.1, 0.15) is 5.56 Å². The molecule has 1 heterocycles. The second kappa shape index (κ2) is 4.73. The van der Waals surface area contributed by atoms with Gasteiger partial charge in [0.25, 0.3) is 6.61 Å². The van der Waals surface area contributed by atoms with Crippen LogP contribution in [0.1, 0.15) is 12.5 Å². The van der Waals surface area contributed by atoms with E-state index in [4.69, 9.17) is 4.42 Å². The van der Waals surface area contributed by atoms with Crippen LogP contribution in [0.15, 0.2) is 34.1 Å². The molecule has 1 nitrogen and oxygen atoms in total. The first-order chi connectivity index (χ1) is 7.31. The molecule has 0 fully saturated rings. The lowest BCUT2D eigenvalue weighted by atomic mass is 10.1. The third kappa shape index (κ3) is 2.36. The molecule has 0 N–H and O–H groups in total. The van der Waals surface area contributed by atoms with Crippen molar-refractivity contribution in [3.05, 3.63) is 44.4 Å². The second-order valence-electron chi connectivity index (χ2n) is 3.30. The van der Waals surface area contributed by atoms with Gasteiger partial charge in [-0.05, 0) is 12.5 Å². The van der Waals surface area contributed by atoms with Gasteiger partial charge >= 0.3 is 4.74 Å². The summed E-state index contributed by atoms with van der Waals surface area (Å²) in [5.41, 5.74) is 3.74. The van der Waals surface area contributed by atoms with Crippen molar-refractivity contribution in [1.29, 1.82) is 0 Å². The van der Waals surface area contributed by atoms with Crippen LogP contribution in [0.3, 0.4) is 0 Å². The minimum Gasteiger partial charge on any atom is -0.243 e. The van der Waals surface area contributed by atoms with E-state index in [-0.39, 0.29) is 0 Å². The molecule has 0 aliphatic carbocycles. The fourth-order valence-corrected chi connectivity index (χ4v) is 3.45. The van der Waals surface area contributed by atoms with Gasteiger partial charge in [-0.25, -0.2) is 4.42 Å². The SMILES string of the molecule is CC[O+]=c1sscc1-c1ccc(C)cc1. The lowest BCUT2D eigenvalue weighted by Gasteiger charge is -1.94. The van der Waals surface area contributed by atoms with E-state index < -0.39 is 0 Å². The summed E-state index contributed by atoms with van der Waals surface area (Å²) >= 11 is 0. The Hall–Kier alpha value is -0.930. The van der Waals surface area contributed by atoms with Crippen molar-refractivity contribution in [2.75, 3.05) is 6.61 Å². The van der Waals surface area contributed by atoms with Gasteiger partial charge in [-0.3, -0.25) is 0 Å². The van der Waals surface area contributed by atoms with Crippen LogP contribution < -0.4 is 4.74 Å². The predicted octanol–water partition coefficient (Wildman–Crippen LogP) is 3.70. The van der Waals surface area contributed by atoms with E-state index in [1.807, 2.05) is 6.92 Å². The number of benzene rings is 1. The van der Waals surface area contributed by atoms with Gasteiger partial charge in [0.15, 0.2) is 0 Å². The van der Waals surface area contributed by atoms with Gasteiger partial charge < -0.3 is 0 Å². The molecule has 0 saturated heterocycles. The van der Waals surface area contributed by atoms with Gasteiger partial charge in [-0.15, -0.1) is 0 Å². The van der Waals surface area contributed by atoms with Crippen molar-refractivity contribution in [3.63, 3.8) is 0 Å². The van der Waals surface area contributed by atoms with Crippen molar-refractivity contribution < 1.29 is 0 Å². The molecular formula is C12H13OS2+. The monoisotopic (exact) mass is 237 g/mol. The van der Waals surface area contributed by atoms with Crippen molar-refractivity contribution in [2.24, 2.45) is 0 Å². The molecule has 0 atom stereocenters. The maximum atomic E-state index is 5.59. The summed E-state index contributed by atoms with van der Waals surface area (Å²) in [5, 5.41) is 2.15. The van der Waals surface area contributed by atoms with E-state index in [9.17, 15) is 0 Å². The molecule has 0 aliphatic heterocycles. The number of rotatable bonds is 2. The van der Waals surface area contributed by atoms with Gasteiger partial charge in [0, 0.05) is 22.6 Å². The molecule has 1 aromatic carbocycles. The summed E-state index contributed by atoms with van der Waals surface area (Å²) in [6.45, 7) is 4.85. The van der Waals surface area contributed by atoms with E-state index in [0.717, 1.165) is 11.3 Å². The van der Waals surface area contributed by atoms with Crippen LogP contribution in [0.4, 0.5) is 0 Å². The first-order valence-electron chi connectivity index (χ1n) is 4.92. The molecule has 78 valence electrons. The number of hydrogen-bond donors (Lipinski definition) is 0. The van der Waals surface area contributed by atoms with E-state index in [2.05, 4.69) is 36.6 Å². The third-order valence-electron chi connectivity index (χ3n) is 2.15. The predicted molar refractivity (Wildman–Crippen MR) is 69.2 cm³/mol. The summed E-state index contributed by atoms with van der Waals surface area (Å²) in [7, 11) is 3.41. The molecule has 0 saturated carbocycles. The summed E-state index contributed by atoms with van der Waals surface area (Å²) < 4.78 is 6.62. The maximum Gasteiger partial charge on any atom is 0.419 e. The quantitative estimate of drug-likeness (QED) is 0.557. The van der Waals surface area contributed by atoms with Gasteiger partial charge in [0.2, 0.25) is 0 Å². The zero-order valence-electron chi connectivity index (χ0n) is 8.82. The average molecular weight is 237 g/mol. The fourth-order valence-electron chi connectivity index (χ4n) is 1.36. The first kappa shape index (κ1) is 10.6. The minimum atomic E-state index is 0.728. The lowest BCUT2D eigenvalue weighted by molar-refractivity contribution is 1.27. The molecule has 0 bridgehead atoms. The largest absolute Gasteiger partial charge is 0.419 e. The zero-order chi connectivity index (χ0) is 10.7. The molecule has 2 rings (SSSR count). The molecule has 1 aromatic heterocycles. The fraction of sp³-hybridized carbons (Fsp3) is 0.250. The standard InChI is InChI=1S/C12H13OS2/c1-3-13-12-11(8-14-15-12)10-6-4-9(2)5-7-10/h4-8H,3H2,1-2H3/q+1. The molecule has 3 heteroatoms. The minimum absolute atomic E-state index is 0.728. The normalized spacial score (nSPS) is 12.0. The Kier molecular flexibility index (Phi) is 3.34. The Labute approximate surface area is 96.7 Å². The Morgan fingerprint density at radius 2 is 1.93 bits per heavy atom. The third-order valence-corrected chi connectivity index (χ3v) is 4.10. The van der Waals surface area contributed by atoms with Gasteiger partial charge in [0.05, 0.1) is 0 Å². The highest BCUT2D eigenvalue weighted by molar-refractivity contribution is 7.68. The van der Waals surface area contributed by atoms with Crippen LogP contribution in [0, 0.1) is 6.92 Å². The second-order valence-corrected chi connectivity index (χ2v) is 5.34. The van der Waals surface area contributed by atoms with Crippen LogP contribution >= 0.6 is 20.7 Å². The highest BCUT2D eigenvalue weighted by atomic mass is 32.9. The topological polar surface area (TPSA) is 11.3 Å². The van der Waals surface area contributed by atoms with Crippen molar-refractivity contribution in [2.45, 2.75) is 13.8 Å². The van der Waals surface area contributed by atoms with Crippen LogP contribution in [0.5, 0.6) is 0 Å². The van der Waals surface area contributed by atoms with E-state index in [1.165, 1.54) is 16.7 Å². The highest BCUT2D eigenvalue weighted by Gasteiger charge is 2.10. The van der Waals surface area contributed by atoms with Crippen molar-refractivity contribution >= 4 is 20.7 Å². The molecule has 2 aromatic rings. The average Bonchev–Trinajstić information content (AvgIpc) is 2.68. The molecule has 0 amide bonds. The summed E-state index contributed by atoms with van der Waals surface area (Å²) in [4.78, 5) is 0. The Balaban J connectivity index is 2.50. The number of aryl methyl sites for hydroxylation is 1. The van der Waals surface area contributed by atoms with Crippen LogP contribution in [0.2, 0.25) is 0 Å². The summed E-state index contributed by atoms with van der Waals surface area (Å²) in [6.07, 6.45) is 0. The maximum absolute atomic E-state index is 5.59. The van der Waals surface area contributed by atoms with E-state index >= 15 is 0 Å². The van der Waals surface area contributed by atoms with Gasteiger partial charge in [-0.2, -0.15) is 0 Å². The van der Waals surface area contributed by atoms with Crippen molar-refractivity contribution in [3.8, 4) is 11.1 Å². The molecule has 0 unspecified atom stereocenters. The first-order valence-corrected chi connectivity index (χ1v) is 7.13. The van der Waals surface area contributed by atoms with Gasteiger partial charge in [-0.1, -0.05) is 40.2 Å². The molecule has 0 spiro atoms. The van der Waals surface area contributed by atoms with Crippen LogP contribution in [0.25, 0.3) is 11.1 Å². The highest BCUT2D eigenvalue weighted by Crippen LogP contribution is 2.20. The zero-order valence-corrected chi connectivity index (χ0v) is 10.5. The van der Waals surface area contributed by atoms with Crippen molar-refractivity contribution in [1.82, 2.24) is 0 Å².